The van der Waals surface area contributed by atoms with Crippen molar-refractivity contribution in [2.75, 3.05) is 6.61 Å². The molecule has 0 fully saturated rings. The third-order valence-corrected chi connectivity index (χ3v) is 0.759. The van der Waals surface area contributed by atoms with E-state index in [1.54, 1.807) is 6.08 Å². The van der Waals surface area contributed by atoms with Gasteiger partial charge < -0.3 is 9.53 Å². The largest absolute Gasteiger partial charge is 0.367 e. The molecule has 0 aromatic rings. The maximum absolute atomic E-state index is 9.67. The van der Waals surface area contributed by atoms with Crippen molar-refractivity contribution in [1.29, 1.82) is 0 Å². The molecule has 0 radical (unpaired) electrons. The molecule has 0 heterocycles. The maximum atomic E-state index is 9.67. The lowest BCUT2D eigenvalue weighted by Gasteiger charge is -2.01. The van der Waals surface area contributed by atoms with Crippen molar-refractivity contribution in [1.82, 2.24) is 0 Å². The molecule has 0 bridgehead atoms. The van der Waals surface area contributed by atoms with Gasteiger partial charge in [-0.05, 0) is 6.92 Å². The SMILES string of the molecule is C=CC(C)OCC=O. The fraction of sp³-hybridized carbons (Fsp3) is 0.500. The van der Waals surface area contributed by atoms with Gasteiger partial charge in [0.05, 0.1) is 6.10 Å². The molecule has 2 nitrogen and oxygen atoms in total. The highest BCUT2D eigenvalue weighted by Crippen LogP contribution is 1.87. The second-order valence-electron chi connectivity index (χ2n) is 1.44. The number of carbonyl (C=O) groups is 1. The third kappa shape index (κ3) is 3.56. The Hall–Kier alpha value is -0.630. The van der Waals surface area contributed by atoms with Gasteiger partial charge in [0.25, 0.3) is 0 Å². The fourth-order valence-electron chi connectivity index (χ4n) is 0.259. The summed E-state index contributed by atoms with van der Waals surface area (Å²) in [6, 6.07) is 0. The van der Waals surface area contributed by atoms with E-state index in [0.717, 1.165) is 6.29 Å². The van der Waals surface area contributed by atoms with E-state index in [4.69, 9.17) is 4.74 Å². The van der Waals surface area contributed by atoms with E-state index in [1.165, 1.54) is 0 Å². The molecule has 0 rings (SSSR count). The van der Waals surface area contributed by atoms with E-state index < -0.39 is 0 Å². The number of hydrogen-bond donors (Lipinski definition) is 0. The van der Waals surface area contributed by atoms with Gasteiger partial charge in [-0.15, -0.1) is 6.58 Å². The first-order valence-corrected chi connectivity index (χ1v) is 2.49. The van der Waals surface area contributed by atoms with Gasteiger partial charge in [0.15, 0.2) is 0 Å². The quantitative estimate of drug-likeness (QED) is 0.398. The number of ether oxygens (including phenoxy) is 1. The van der Waals surface area contributed by atoms with Crippen molar-refractivity contribution in [3.8, 4) is 0 Å². The third-order valence-electron chi connectivity index (χ3n) is 0.759. The van der Waals surface area contributed by atoms with Crippen molar-refractivity contribution in [2.45, 2.75) is 13.0 Å². The van der Waals surface area contributed by atoms with Gasteiger partial charge in [0.1, 0.15) is 12.9 Å². The lowest BCUT2D eigenvalue weighted by molar-refractivity contribution is -0.112. The van der Waals surface area contributed by atoms with Crippen LogP contribution in [-0.4, -0.2) is 19.0 Å². The molecule has 1 unspecified atom stereocenters. The molecule has 0 N–H and O–H groups in total. The summed E-state index contributed by atoms with van der Waals surface area (Å²) in [6.45, 7) is 5.46. The molecule has 0 aromatic carbocycles. The Kier molecular flexibility index (Phi) is 4.17. The molecule has 0 aliphatic carbocycles. The summed E-state index contributed by atoms with van der Waals surface area (Å²) < 4.78 is 4.85. The lowest BCUT2D eigenvalue weighted by Crippen LogP contribution is -2.05. The normalized spacial score (nSPS) is 12.6. The minimum atomic E-state index is -0.0137. The predicted molar refractivity (Wildman–Crippen MR) is 31.7 cm³/mol. The highest BCUT2D eigenvalue weighted by Gasteiger charge is 1.90. The molecule has 2 heteroatoms. The molecule has 0 aromatic heterocycles. The Balaban J connectivity index is 3.09. The summed E-state index contributed by atoms with van der Waals surface area (Å²) in [5.41, 5.74) is 0. The van der Waals surface area contributed by atoms with Crippen LogP contribution in [0.5, 0.6) is 0 Å². The monoisotopic (exact) mass is 114 g/mol. The van der Waals surface area contributed by atoms with Gasteiger partial charge in [0, 0.05) is 0 Å². The van der Waals surface area contributed by atoms with Crippen molar-refractivity contribution in [3.05, 3.63) is 12.7 Å². The average Bonchev–Trinajstić information content (AvgIpc) is 1.83. The minimum absolute atomic E-state index is 0.0137. The van der Waals surface area contributed by atoms with Gasteiger partial charge in [0.2, 0.25) is 0 Å². The zero-order valence-corrected chi connectivity index (χ0v) is 4.96. The fourth-order valence-corrected chi connectivity index (χ4v) is 0.259. The first-order chi connectivity index (χ1) is 3.81. The van der Waals surface area contributed by atoms with E-state index in [2.05, 4.69) is 6.58 Å². The van der Waals surface area contributed by atoms with E-state index in [9.17, 15) is 4.79 Å². The van der Waals surface area contributed by atoms with Crippen LogP contribution >= 0.6 is 0 Å². The zero-order chi connectivity index (χ0) is 6.41. The number of aldehydes is 1. The molecule has 0 amide bonds. The van der Waals surface area contributed by atoms with Crippen LogP contribution in [0.3, 0.4) is 0 Å². The van der Waals surface area contributed by atoms with Crippen LogP contribution in [-0.2, 0) is 9.53 Å². The number of carbonyl (C=O) groups excluding carboxylic acids is 1. The molecular weight excluding hydrogens is 104 g/mol. The van der Waals surface area contributed by atoms with Crippen LogP contribution in [0.2, 0.25) is 0 Å². The Morgan fingerprint density at radius 1 is 1.88 bits per heavy atom. The Morgan fingerprint density at radius 3 is 2.88 bits per heavy atom. The molecule has 0 aliphatic heterocycles. The van der Waals surface area contributed by atoms with Crippen molar-refractivity contribution >= 4 is 6.29 Å². The van der Waals surface area contributed by atoms with Crippen LogP contribution in [0, 0.1) is 0 Å². The van der Waals surface area contributed by atoms with Crippen molar-refractivity contribution in [2.24, 2.45) is 0 Å². The Labute approximate surface area is 49.1 Å². The molecule has 1 atom stereocenters. The van der Waals surface area contributed by atoms with Crippen LogP contribution < -0.4 is 0 Å². The predicted octanol–water partition coefficient (Wildman–Crippen LogP) is 0.776. The van der Waals surface area contributed by atoms with Crippen LogP contribution in [0.15, 0.2) is 12.7 Å². The summed E-state index contributed by atoms with van der Waals surface area (Å²) in [6.07, 6.45) is 2.35. The first-order valence-electron chi connectivity index (χ1n) is 2.49. The minimum Gasteiger partial charge on any atom is -0.367 e. The molecule has 8 heavy (non-hydrogen) atoms. The molecule has 0 aliphatic rings. The van der Waals surface area contributed by atoms with E-state index in [-0.39, 0.29) is 12.7 Å². The van der Waals surface area contributed by atoms with Crippen LogP contribution in [0.25, 0.3) is 0 Å². The van der Waals surface area contributed by atoms with E-state index >= 15 is 0 Å². The first kappa shape index (κ1) is 7.37. The van der Waals surface area contributed by atoms with Crippen molar-refractivity contribution < 1.29 is 9.53 Å². The van der Waals surface area contributed by atoms with Crippen LogP contribution in [0.1, 0.15) is 6.92 Å². The smallest absolute Gasteiger partial charge is 0.145 e. The zero-order valence-electron chi connectivity index (χ0n) is 4.96. The molecular formula is C6H10O2. The van der Waals surface area contributed by atoms with Gasteiger partial charge >= 0.3 is 0 Å². The summed E-state index contributed by atoms with van der Waals surface area (Å²) in [4.78, 5) is 9.67. The summed E-state index contributed by atoms with van der Waals surface area (Å²) in [5.74, 6) is 0. The molecule has 0 spiro atoms. The van der Waals surface area contributed by atoms with E-state index in [0.29, 0.717) is 0 Å². The van der Waals surface area contributed by atoms with E-state index in [1.807, 2.05) is 6.92 Å². The average molecular weight is 114 g/mol. The summed E-state index contributed by atoms with van der Waals surface area (Å²) in [7, 11) is 0. The summed E-state index contributed by atoms with van der Waals surface area (Å²) in [5, 5.41) is 0. The topological polar surface area (TPSA) is 26.3 Å². The van der Waals surface area contributed by atoms with Gasteiger partial charge in [-0.25, -0.2) is 0 Å². The molecule has 0 saturated carbocycles. The second kappa shape index (κ2) is 4.53. The van der Waals surface area contributed by atoms with Crippen molar-refractivity contribution in [3.63, 3.8) is 0 Å². The number of rotatable bonds is 4. The standard InChI is InChI=1S/C6H10O2/c1-3-6(2)8-5-4-7/h3-4,6H,1,5H2,2H3. The molecule has 0 saturated heterocycles. The Morgan fingerprint density at radius 2 is 2.50 bits per heavy atom. The van der Waals surface area contributed by atoms with Gasteiger partial charge in [-0.3, -0.25) is 0 Å². The molecule has 46 valence electrons. The van der Waals surface area contributed by atoms with Crippen LogP contribution in [0.4, 0.5) is 0 Å². The summed E-state index contributed by atoms with van der Waals surface area (Å²) >= 11 is 0. The highest BCUT2D eigenvalue weighted by atomic mass is 16.5. The lowest BCUT2D eigenvalue weighted by atomic mass is 10.4. The van der Waals surface area contributed by atoms with Gasteiger partial charge in [-0.2, -0.15) is 0 Å². The number of hydrogen-bond acceptors (Lipinski definition) is 2. The maximum Gasteiger partial charge on any atom is 0.145 e. The Bertz CT molecular complexity index is 78.6. The second-order valence-corrected chi connectivity index (χ2v) is 1.44. The van der Waals surface area contributed by atoms with Gasteiger partial charge in [-0.1, -0.05) is 6.08 Å². The highest BCUT2D eigenvalue weighted by molar-refractivity contribution is 5.50.